The summed E-state index contributed by atoms with van der Waals surface area (Å²) in [6, 6.07) is 12.3. The Morgan fingerprint density at radius 1 is 1.25 bits per heavy atom. The van der Waals surface area contributed by atoms with E-state index in [2.05, 4.69) is 30.0 Å². The van der Waals surface area contributed by atoms with E-state index in [4.69, 9.17) is 30.8 Å². The van der Waals surface area contributed by atoms with E-state index in [1.54, 1.807) is 0 Å². The van der Waals surface area contributed by atoms with Crippen molar-refractivity contribution in [3.63, 3.8) is 0 Å². The van der Waals surface area contributed by atoms with E-state index in [0.29, 0.717) is 23.1 Å². The van der Waals surface area contributed by atoms with Gasteiger partial charge in [-0.3, -0.25) is 4.79 Å². The highest BCUT2D eigenvalue weighted by atomic mass is 35.5. The van der Waals surface area contributed by atoms with Crippen molar-refractivity contribution in [1.82, 2.24) is 14.3 Å². The van der Waals surface area contributed by atoms with E-state index in [-0.39, 0.29) is 12.5 Å². The standard InChI is InChI=1S/C28H34ClN3O3S/c1-4-21-22(19-12-15-32(16-13-19)14-6-9-26(33)34)7-5-8-23(21)27-30-28(36-31-27)20-10-11-25(24(29)17-20)35-18(2)3/h5,7-8,10-11,17-19H,4,6,9,12-16H2,1-3H3,(H,33,34). The van der Waals surface area contributed by atoms with Crippen LogP contribution in [0.25, 0.3) is 22.0 Å². The summed E-state index contributed by atoms with van der Waals surface area (Å²) in [4.78, 5) is 18.1. The van der Waals surface area contributed by atoms with Crippen molar-refractivity contribution >= 4 is 29.1 Å². The number of likely N-dealkylation sites (tertiary alicyclic amines) is 1. The van der Waals surface area contributed by atoms with Crippen LogP contribution in [0.1, 0.15) is 63.5 Å². The summed E-state index contributed by atoms with van der Waals surface area (Å²) >= 11 is 7.84. The molecule has 1 fully saturated rings. The Morgan fingerprint density at radius 3 is 2.69 bits per heavy atom. The summed E-state index contributed by atoms with van der Waals surface area (Å²) in [6.45, 7) is 9.03. The molecular formula is C28H34ClN3O3S. The second-order valence-electron chi connectivity index (χ2n) is 9.58. The minimum absolute atomic E-state index is 0.0606. The van der Waals surface area contributed by atoms with Gasteiger partial charge in [-0.05, 0) is 106 Å². The van der Waals surface area contributed by atoms with Crippen molar-refractivity contribution in [3.05, 3.63) is 52.5 Å². The number of nitrogens with zero attached hydrogens (tertiary/aromatic N) is 3. The molecule has 0 bridgehead atoms. The van der Waals surface area contributed by atoms with Crippen molar-refractivity contribution in [2.24, 2.45) is 0 Å². The maximum absolute atomic E-state index is 10.8. The number of carbonyl (C=O) groups is 1. The number of benzene rings is 2. The number of carboxylic acids is 1. The van der Waals surface area contributed by atoms with E-state index in [1.165, 1.54) is 22.7 Å². The fourth-order valence-corrected chi connectivity index (χ4v) is 5.84. The molecule has 2 aromatic carbocycles. The molecule has 1 aromatic heterocycles. The zero-order chi connectivity index (χ0) is 25.7. The Hall–Kier alpha value is -2.48. The number of hydrogen-bond donors (Lipinski definition) is 1. The number of piperidine rings is 1. The average molecular weight is 528 g/mol. The van der Waals surface area contributed by atoms with Gasteiger partial charge in [0.15, 0.2) is 5.82 Å². The number of halogens is 1. The van der Waals surface area contributed by atoms with Crippen molar-refractivity contribution in [2.45, 2.75) is 64.9 Å². The second-order valence-corrected chi connectivity index (χ2v) is 10.7. The first-order chi connectivity index (χ1) is 17.4. The topological polar surface area (TPSA) is 75.6 Å². The maximum Gasteiger partial charge on any atom is 0.303 e. The Labute approximate surface area is 222 Å². The Balaban J connectivity index is 1.50. The monoisotopic (exact) mass is 527 g/mol. The molecule has 1 aliphatic heterocycles. The van der Waals surface area contributed by atoms with Crippen LogP contribution in [0, 0.1) is 0 Å². The third kappa shape index (κ3) is 6.44. The van der Waals surface area contributed by atoms with E-state index in [1.807, 2.05) is 32.0 Å². The van der Waals surface area contributed by atoms with Crippen LogP contribution in [0.2, 0.25) is 5.02 Å². The zero-order valence-corrected chi connectivity index (χ0v) is 22.7. The Kier molecular flexibility index (Phi) is 8.99. The fraction of sp³-hybridized carbons (Fsp3) is 0.464. The van der Waals surface area contributed by atoms with Gasteiger partial charge in [-0.1, -0.05) is 36.7 Å². The summed E-state index contributed by atoms with van der Waals surface area (Å²) in [5, 5.41) is 10.3. The molecule has 0 spiro atoms. The Morgan fingerprint density at radius 2 is 2.03 bits per heavy atom. The summed E-state index contributed by atoms with van der Waals surface area (Å²) in [5.74, 6) is 1.22. The van der Waals surface area contributed by atoms with Crippen LogP contribution in [0.3, 0.4) is 0 Å². The van der Waals surface area contributed by atoms with Crippen LogP contribution < -0.4 is 4.74 Å². The highest BCUT2D eigenvalue weighted by Crippen LogP contribution is 2.37. The normalized spacial score (nSPS) is 14.9. The number of ether oxygens (including phenoxy) is 1. The molecule has 0 radical (unpaired) electrons. The highest BCUT2D eigenvalue weighted by molar-refractivity contribution is 7.09. The molecule has 0 saturated carbocycles. The lowest BCUT2D eigenvalue weighted by atomic mass is 9.84. The van der Waals surface area contributed by atoms with Crippen molar-refractivity contribution in [1.29, 1.82) is 0 Å². The van der Waals surface area contributed by atoms with Crippen LogP contribution in [-0.2, 0) is 11.2 Å². The SMILES string of the molecule is CCc1c(-c2nsc(-c3ccc(OC(C)C)c(Cl)c3)n2)cccc1C1CCN(CCCC(=O)O)CC1. The molecule has 0 atom stereocenters. The molecule has 36 heavy (non-hydrogen) atoms. The molecule has 0 aliphatic carbocycles. The molecule has 1 aliphatic rings. The number of aromatic nitrogens is 2. The van der Waals surface area contributed by atoms with E-state index < -0.39 is 5.97 Å². The van der Waals surface area contributed by atoms with Gasteiger partial charge >= 0.3 is 5.97 Å². The molecule has 3 aromatic rings. The first kappa shape index (κ1) is 26.6. The first-order valence-corrected chi connectivity index (χ1v) is 13.9. The van der Waals surface area contributed by atoms with E-state index in [0.717, 1.165) is 60.9 Å². The van der Waals surface area contributed by atoms with E-state index in [9.17, 15) is 4.79 Å². The molecule has 0 amide bonds. The van der Waals surface area contributed by atoms with Crippen LogP contribution in [0.4, 0.5) is 0 Å². The van der Waals surface area contributed by atoms with Gasteiger partial charge < -0.3 is 14.7 Å². The molecule has 6 nitrogen and oxygen atoms in total. The minimum atomic E-state index is -0.714. The summed E-state index contributed by atoms with van der Waals surface area (Å²) < 4.78 is 10.5. The van der Waals surface area contributed by atoms with Crippen LogP contribution in [0.15, 0.2) is 36.4 Å². The highest BCUT2D eigenvalue weighted by Gasteiger charge is 2.24. The van der Waals surface area contributed by atoms with Crippen LogP contribution in [-0.4, -0.2) is 51.1 Å². The molecule has 0 unspecified atom stereocenters. The largest absolute Gasteiger partial charge is 0.489 e. The number of hydrogen-bond acceptors (Lipinski definition) is 6. The Bertz CT molecular complexity index is 1190. The molecular weight excluding hydrogens is 494 g/mol. The lowest BCUT2D eigenvalue weighted by Crippen LogP contribution is -2.34. The second kappa shape index (κ2) is 12.2. The van der Waals surface area contributed by atoms with Crippen LogP contribution in [0.5, 0.6) is 5.75 Å². The van der Waals surface area contributed by atoms with E-state index >= 15 is 0 Å². The van der Waals surface area contributed by atoms with Gasteiger partial charge in [0.05, 0.1) is 11.1 Å². The quantitative estimate of drug-likeness (QED) is 0.308. The minimum Gasteiger partial charge on any atom is -0.489 e. The summed E-state index contributed by atoms with van der Waals surface area (Å²) in [5.41, 5.74) is 4.76. The molecule has 8 heteroatoms. The van der Waals surface area contributed by atoms with Gasteiger partial charge in [0.25, 0.3) is 0 Å². The van der Waals surface area contributed by atoms with Gasteiger partial charge in [0, 0.05) is 17.5 Å². The predicted molar refractivity (Wildman–Crippen MR) is 146 cm³/mol. The van der Waals surface area contributed by atoms with Gasteiger partial charge in [-0.25, -0.2) is 4.98 Å². The number of rotatable bonds is 10. The summed E-state index contributed by atoms with van der Waals surface area (Å²) in [7, 11) is 0. The summed E-state index contributed by atoms with van der Waals surface area (Å²) in [6.07, 6.45) is 4.11. The van der Waals surface area contributed by atoms with Gasteiger partial charge in [-0.2, -0.15) is 4.37 Å². The van der Waals surface area contributed by atoms with Gasteiger partial charge in [0.1, 0.15) is 10.8 Å². The van der Waals surface area contributed by atoms with Crippen molar-refractivity contribution in [3.8, 4) is 27.7 Å². The molecule has 2 heterocycles. The average Bonchev–Trinajstić information content (AvgIpc) is 3.35. The van der Waals surface area contributed by atoms with Crippen LogP contribution >= 0.6 is 23.1 Å². The smallest absolute Gasteiger partial charge is 0.303 e. The third-order valence-corrected chi connectivity index (χ3v) is 7.73. The number of aliphatic carboxylic acids is 1. The molecule has 1 saturated heterocycles. The zero-order valence-electron chi connectivity index (χ0n) is 21.2. The fourth-order valence-electron chi connectivity index (χ4n) is 4.95. The lowest BCUT2D eigenvalue weighted by molar-refractivity contribution is -0.137. The van der Waals surface area contributed by atoms with Crippen molar-refractivity contribution < 1.29 is 14.6 Å². The van der Waals surface area contributed by atoms with Gasteiger partial charge in [-0.15, -0.1) is 0 Å². The molecule has 1 N–H and O–H groups in total. The first-order valence-electron chi connectivity index (χ1n) is 12.7. The third-order valence-electron chi connectivity index (χ3n) is 6.67. The number of carboxylic acid groups (broad SMARTS) is 1. The predicted octanol–water partition coefficient (Wildman–Crippen LogP) is 6.92. The van der Waals surface area contributed by atoms with Crippen molar-refractivity contribution in [2.75, 3.05) is 19.6 Å². The molecule has 192 valence electrons. The van der Waals surface area contributed by atoms with Gasteiger partial charge in [0.2, 0.25) is 0 Å². The lowest BCUT2D eigenvalue weighted by Gasteiger charge is -2.33. The molecule has 4 rings (SSSR count). The maximum atomic E-state index is 10.8.